The normalized spacial score (nSPS) is 16.9. The van der Waals surface area contributed by atoms with Crippen molar-refractivity contribution in [1.29, 1.82) is 0 Å². The van der Waals surface area contributed by atoms with Gasteiger partial charge in [0.05, 0.1) is 18.8 Å². The maximum Gasteiger partial charge on any atom is 0.169 e. The fourth-order valence-electron chi connectivity index (χ4n) is 1.69. The molecule has 15 heavy (non-hydrogen) atoms. The Bertz CT molecular complexity index is 363. The molecule has 0 saturated heterocycles. The van der Waals surface area contributed by atoms with Gasteiger partial charge in [0, 0.05) is 12.5 Å². The standard InChI is InChI=1S/C11H15NO3/c1-7(12)10-8(13)3-4-9-11(10)15-6-2-5-14-9/h3-4,7,13H,2,5-6,12H2,1H3. The molecular formula is C11H15NO3. The SMILES string of the molecule is CC(N)c1c(O)ccc2c1OCCCO2. The third kappa shape index (κ3) is 1.85. The Balaban J connectivity index is 2.51. The van der Waals surface area contributed by atoms with Crippen molar-refractivity contribution >= 4 is 0 Å². The highest BCUT2D eigenvalue weighted by molar-refractivity contribution is 5.54. The topological polar surface area (TPSA) is 64.7 Å². The number of phenolic OH excluding ortho intramolecular Hbond substituents is 1. The molecule has 1 aliphatic rings. The molecule has 1 aromatic rings. The van der Waals surface area contributed by atoms with Gasteiger partial charge in [0.15, 0.2) is 11.5 Å². The summed E-state index contributed by atoms with van der Waals surface area (Å²) in [5.41, 5.74) is 6.41. The smallest absolute Gasteiger partial charge is 0.169 e. The van der Waals surface area contributed by atoms with Crippen molar-refractivity contribution in [2.45, 2.75) is 19.4 Å². The Hall–Kier alpha value is -1.42. The van der Waals surface area contributed by atoms with Crippen LogP contribution in [0.3, 0.4) is 0 Å². The van der Waals surface area contributed by atoms with Crippen molar-refractivity contribution < 1.29 is 14.6 Å². The predicted molar refractivity (Wildman–Crippen MR) is 56.3 cm³/mol. The van der Waals surface area contributed by atoms with E-state index in [1.54, 1.807) is 12.1 Å². The summed E-state index contributed by atoms with van der Waals surface area (Å²) < 4.78 is 11.1. The first-order valence-corrected chi connectivity index (χ1v) is 5.07. The van der Waals surface area contributed by atoms with Crippen LogP contribution in [0.5, 0.6) is 17.2 Å². The first-order valence-electron chi connectivity index (χ1n) is 5.07. The Labute approximate surface area is 88.6 Å². The molecule has 0 bridgehead atoms. The van der Waals surface area contributed by atoms with E-state index >= 15 is 0 Å². The van der Waals surface area contributed by atoms with Gasteiger partial charge in [0.25, 0.3) is 0 Å². The van der Waals surface area contributed by atoms with Gasteiger partial charge >= 0.3 is 0 Å². The summed E-state index contributed by atoms with van der Waals surface area (Å²) >= 11 is 0. The summed E-state index contributed by atoms with van der Waals surface area (Å²) in [6.07, 6.45) is 0.841. The highest BCUT2D eigenvalue weighted by Gasteiger charge is 2.20. The van der Waals surface area contributed by atoms with Crippen LogP contribution in [-0.4, -0.2) is 18.3 Å². The number of hydrogen-bond acceptors (Lipinski definition) is 4. The van der Waals surface area contributed by atoms with Gasteiger partial charge < -0.3 is 20.3 Å². The van der Waals surface area contributed by atoms with E-state index in [-0.39, 0.29) is 11.8 Å². The molecule has 1 heterocycles. The number of aromatic hydroxyl groups is 1. The van der Waals surface area contributed by atoms with E-state index in [1.165, 1.54) is 0 Å². The van der Waals surface area contributed by atoms with E-state index in [0.717, 1.165) is 6.42 Å². The van der Waals surface area contributed by atoms with Crippen LogP contribution in [0.2, 0.25) is 0 Å². The lowest BCUT2D eigenvalue weighted by atomic mass is 10.1. The molecular weight excluding hydrogens is 194 g/mol. The Morgan fingerprint density at radius 3 is 2.80 bits per heavy atom. The van der Waals surface area contributed by atoms with Crippen LogP contribution < -0.4 is 15.2 Å². The first kappa shape index (κ1) is 10.1. The van der Waals surface area contributed by atoms with Gasteiger partial charge in [-0.25, -0.2) is 0 Å². The Morgan fingerprint density at radius 2 is 2.07 bits per heavy atom. The quantitative estimate of drug-likeness (QED) is 0.737. The maximum atomic E-state index is 9.71. The van der Waals surface area contributed by atoms with E-state index in [0.29, 0.717) is 30.3 Å². The van der Waals surface area contributed by atoms with Crippen molar-refractivity contribution in [3.8, 4) is 17.2 Å². The average Bonchev–Trinajstić information content (AvgIpc) is 2.41. The fourth-order valence-corrected chi connectivity index (χ4v) is 1.69. The zero-order chi connectivity index (χ0) is 10.8. The number of phenols is 1. The van der Waals surface area contributed by atoms with Crippen molar-refractivity contribution in [2.24, 2.45) is 5.73 Å². The zero-order valence-electron chi connectivity index (χ0n) is 8.69. The molecule has 3 N–H and O–H groups in total. The van der Waals surface area contributed by atoms with Crippen LogP contribution >= 0.6 is 0 Å². The van der Waals surface area contributed by atoms with Gasteiger partial charge in [-0.15, -0.1) is 0 Å². The number of fused-ring (bicyclic) bond motifs is 1. The second-order valence-electron chi connectivity index (χ2n) is 3.66. The lowest BCUT2D eigenvalue weighted by Crippen LogP contribution is -2.08. The Kier molecular flexibility index (Phi) is 2.68. The molecule has 0 aliphatic carbocycles. The molecule has 4 nitrogen and oxygen atoms in total. The average molecular weight is 209 g/mol. The van der Waals surface area contributed by atoms with Gasteiger partial charge in [-0.05, 0) is 19.1 Å². The van der Waals surface area contributed by atoms with Gasteiger partial charge in [0.1, 0.15) is 5.75 Å². The van der Waals surface area contributed by atoms with Crippen molar-refractivity contribution in [1.82, 2.24) is 0 Å². The molecule has 0 spiro atoms. The monoisotopic (exact) mass is 209 g/mol. The largest absolute Gasteiger partial charge is 0.507 e. The molecule has 0 saturated carbocycles. The summed E-state index contributed by atoms with van der Waals surface area (Å²) in [7, 11) is 0. The van der Waals surface area contributed by atoms with Crippen LogP contribution in [0.25, 0.3) is 0 Å². The summed E-state index contributed by atoms with van der Waals surface area (Å²) in [6.45, 7) is 3.04. The lowest BCUT2D eigenvalue weighted by molar-refractivity contribution is 0.295. The summed E-state index contributed by atoms with van der Waals surface area (Å²) in [5.74, 6) is 1.41. The summed E-state index contributed by atoms with van der Waals surface area (Å²) in [6, 6.07) is 3.02. The van der Waals surface area contributed by atoms with E-state index in [2.05, 4.69) is 0 Å². The van der Waals surface area contributed by atoms with Crippen LogP contribution in [0.4, 0.5) is 0 Å². The number of nitrogens with two attached hydrogens (primary N) is 1. The fraction of sp³-hybridized carbons (Fsp3) is 0.455. The zero-order valence-corrected chi connectivity index (χ0v) is 8.69. The molecule has 1 unspecified atom stereocenters. The van der Waals surface area contributed by atoms with Crippen LogP contribution in [-0.2, 0) is 0 Å². The van der Waals surface area contributed by atoms with Gasteiger partial charge in [0.2, 0.25) is 0 Å². The number of ether oxygens (including phenoxy) is 2. The van der Waals surface area contributed by atoms with Gasteiger partial charge in [-0.1, -0.05) is 0 Å². The maximum absolute atomic E-state index is 9.71. The molecule has 0 amide bonds. The molecule has 0 aromatic heterocycles. The molecule has 1 aliphatic heterocycles. The van der Waals surface area contributed by atoms with Crippen LogP contribution in [0, 0.1) is 0 Å². The molecule has 82 valence electrons. The molecule has 2 rings (SSSR count). The highest BCUT2D eigenvalue weighted by atomic mass is 16.5. The van der Waals surface area contributed by atoms with E-state index in [9.17, 15) is 5.11 Å². The van der Waals surface area contributed by atoms with E-state index in [1.807, 2.05) is 6.92 Å². The van der Waals surface area contributed by atoms with Gasteiger partial charge in [-0.2, -0.15) is 0 Å². The number of rotatable bonds is 1. The van der Waals surface area contributed by atoms with Gasteiger partial charge in [-0.3, -0.25) is 0 Å². The minimum absolute atomic E-state index is 0.161. The van der Waals surface area contributed by atoms with E-state index in [4.69, 9.17) is 15.2 Å². The third-order valence-electron chi connectivity index (χ3n) is 2.38. The third-order valence-corrected chi connectivity index (χ3v) is 2.38. The molecule has 1 aromatic carbocycles. The van der Waals surface area contributed by atoms with Crippen molar-refractivity contribution in [3.05, 3.63) is 17.7 Å². The first-order chi connectivity index (χ1) is 7.20. The second-order valence-corrected chi connectivity index (χ2v) is 3.66. The van der Waals surface area contributed by atoms with Crippen molar-refractivity contribution in [2.75, 3.05) is 13.2 Å². The number of hydrogen-bond donors (Lipinski definition) is 2. The minimum Gasteiger partial charge on any atom is -0.507 e. The Morgan fingerprint density at radius 1 is 1.33 bits per heavy atom. The lowest BCUT2D eigenvalue weighted by Gasteiger charge is -2.16. The highest BCUT2D eigenvalue weighted by Crippen LogP contribution is 2.41. The van der Waals surface area contributed by atoms with Crippen LogP contribution in [0.1, 0.15) is 24.9 Å². The molecule has 1 atom stereocenters. The van der Waals surface area contributed by atoms with Crippen molar-refractivity contribution in [3.63, 3.8) is 0 Å². The van der Waals surface area contributed by atoms with Crippen LogP contribution in [0.15, 0.2) is 12.1 Å². The predicted octanol–water partition coefficient (Wildman–Crippen LogP) is 1.57. The molecule has 0 radical (unpaired) electrons. The van der Waals surface area contributed by atoms with E-state index < -0.39 is 0 Å². The summed E-state index contributed by atoms with van der Waals surface area (Å²) in [5, 5.41) is 9.71. The minimum atomic E-state index is -0.276. The number of benzene rings is 1. The summed E-state index contributed by atoms with van der Waals surface area (Å²) in [4.78, 5) is 0. The second kappa shape index (κ2) is 3.98. The molecule has 0 fully saturated rings. The molecule has 4 heteroatoms.